The summed E-state index contributed by atoms with van der Waals surface area (Å²) in [5.41, 5.74) is 0.999. The Balaban J connectivity index is 1.84. The summed E-state index contributed by atoms with van der Waals surface area (Å²) < 4.78 is 5.24. The van der Waals surface area contributed by atoms with Crippen molar-refractivity contribution >= 4 is 23.3 Å². The summed E-state index contributed by atoms with van der Waals surface area (Å²) in [5, 5.41) is 2.44. The van der Waals surface area contributed by atoms with E-state index in [0.29, 0.717) is 11.3 Å². The van der Waals surface area contributed by atoms with Crippen molar-refractivity contribution in [3.05, 3.63) is 29.3 Å². The number of nitrogens with one attached hydrogen (secondary N) is 1. The molecule has 1 aromatic rings. The molecule has 92 valence electrons. The number of carbonyl (C=O) groups excluding carboxylic acids is 3. The molecule has 0 unspecified atom stereocenters. The fourth-order valence-corrected chi connectivity index (χ4v) is 1.98. The molecule has 1 aliphatic carbocycles. The summed E-state index contributed by atoms with van der Waals surface area (Å²) in [5.74, 6) is -1.70. The van der Waals surface area contributed by atoms with E-state index in [-0.39, 0.29) is 11.7 Å². The molecule has 1 saturated carbocycles. The number of rotatable bonds is 2. The molecule has 1 aromatic carbocycles. The standard InChI is InChI=1S/C13H11NO4/c15-11-9-6-7(4-5-10(9)14-12(11)16)13(17)18-8-2-1-3-8/h4-6,8H,1-3H2,(H,14,15,16). The van der Waals surface area contributed by atoms with Crippen LogP contribution in [0.15, 0.2) is 18.2 Å². The van der Waals surface area contributed by atoms with Gasteiger partial charge in [0.1, 0.15) is 6.10 Å². The van der Waals surface area contributed by atoms with Crippen LogP contribution in [-0.2, 0) is 9.53 Å². The maximum atomic E-state index is 11.8. The van der Waals surface area contributed by atoms with Crippen LogP contribution in [0, 0.1) is 0 Å². The second-order valence-corrected chi connectivity index (χ2v) is 4.50. The number of carbonyl (C=O) groups is 3. The van der Waals surface area contributed by atoms with E-state index in [9.17, 15) is 14.4 Å². The van der Waals surface area contributed by atoms with E-state index in [4.69, 9.17) is 4.74 Å². The lowest BCUT2D eigenvalue weighted by Gasteiger charge is -2.25. The van der Waals surface area contributed by atoms with Crippen LogP contribution >= 0.6 is 0 Å². The zero-order valence-corrected chi connectivity index (χ0v) is 9.56. The third-order valence-electron chi connectivity index (χ3n) is 3.28. The number of hydrogen-bond acceptors (Lipinski definition) is 4. The van der Waals surface area contributed by atoms with Crippen LogP contribution in [0.4, 0.5) is 5.69 Å². The van der Waals surface area contributed by atoms with Gasteiger partial charge in [0.15, 0.2) is 0 Å². The van der Waals surface area contributed by atoms with Gasteiger partial charge in [-0.3, -0.25) is 9.59 Å². The molecule has 5 nitrogen and oxygen atoms in total. The molecule has 1 aliphatic heterocycles. The SMILES string of the molecule is O=C1Nc2ccc(C(=O)OC3CCC3)cc2C1=O. The molecule has 0 aromatic heterocycles. The molecular formula is C13H11NO4. The first kappa shape index (κ1) is 11.0. The Morgan fingerprint density at radius 3 is 2.72 bits per heavy atom. The Bertz CT molecular complexity index is 560. The van der Waals surface area contributed by atoms with Crippen LogP contribution in [0.2, 0.25) is 0 Å². The maximum absolute atomic E-state index is 11.8. The number of anilines is 1. The minimum Gasteiger partial charge on any atom is -0.459 e. The first-order valence-corrected chi connectivity index (χ1v) is 5.86. The molecule has 0 saturated heterocycles. The highest BCUT2D eigenvalue weighted by atomic mass is 16.5. The van der Waals surface area contributed by atoms with Crippen LogP contribution in [0.25, 0.3) is 0 Å². The van der Waals surface area contributed by atoms with E-state index in [1.165, 1.54) is 6.07 Å². The highest BCUT2D eigenvalue weighted by Crippen LogP contribution is 2.26. The fraction of sp³-hybridized carbons (Fsp3) is 0.308. The second kappa shape index (κ2) is 3.94. The van der Waals surface area contributed by atoms with Gasteiger partial charge in [0.25, 0.3) is 11.7 Å². The van der Waals surface area contributed by atoms with Gasteiger partial charge >= 0.3 is 5.97 Å². The van der Waals surface area contributed by atoms with Gasteiger partial charge in [-0.05, 0) is 37.5 Å². The molecule has 5 heteroatoms. The van der Waals surface area contributed by atoms with Crippen molar-refractivity contribution in [1.29, 1.82) is 0 Å². The Morgan fingerprint density at radius 2 is 2.06 bits per heavy atom. The number of esters is 1. The van der Waals surface area contributed by atoms with E-state index in [1.807, 2.05) is 0 Å². The van der Waals surface area contributed by atoms with Crippen molar-refractivity contribution in [3.8, 4) is 0 Å². The predicted octanol–water partition coefficient (Wildman–Crippen LogP) is 1.53. The summed E-state index contributed by atoms with van der Waals surface area (Å²) in [7, 11) is 0. The third-order valence-corrected chi connectivity index (χ3v) is 3.28. The monoisotopic (exact) mass is 245 g/mol. The van der Waals surface area contributed by atoms with Crippen LogP contribution < -0.4 is 5.32 Å². The number of benzene rings is 1. The highest BCUT2D eigenvalue weighted by Gasteiger charge is 2.29. The second-order valence-electron chi connectivity index (χ2n) is 4.50. The number of ether oxygens (including phenoxy) is 1. The normalized spacial score (nSPS) is 18.0. The summed E-state index contributed by atoms with van der Waals surface area (Å²) in [6.45, 7) is 0. The van der Waals surface area contributed by atoms with Gasteiger partial charge in [-0.25, -0.2) is 4.79 Å². The quantitative estimate of drug-likeness (QED) is 0.633. The van der Waals surface area contributed by atoms with Crippen LogP contribution in [0.1, 0.15) is 40.0 Å². The van der Waals surface area contributed by atoms with E-state index in [0.717, 1.165) is 19.3 Å². The van der Waals surface area contributed by atoms with Gasteiger partial charge in [-0.15, -0.1) is 0 Å². The van der Waals surface area contributed by atoms with E-state index < -0.39 is 17.7 Å². The number of fused-ring (bicyclic) bond motifs is 1. The minimum absolute atomic E-state index is 0.00112. The summed E-state index contributed by atoms with van der Waals surface area (Å²) in [4.78, 5) is 34.5. The Kier molecular flexibility index (Phi) is 2.40. The minimum atomic E-state index is -0.658. The zero-order valence-electron chi connectivity index (χ0n) is 9.56. The molecule has 0 spiro atoms. The smallest absolute Gasteiger partial charge is 0.338 e. The first-order chi connectivity index (χ1) is 8.65. The molecule has 0 radical (unpaired) electrons. The molecular weight excluding hydrogens is 234 g/mol. The number of Topliss-reactive ketones (excluding diaryl/α,β-unsaturated/α-hetero) is 1. The van der Waals surface area contributed by atoms with Crippen molar-refractivity contribution in [1.82, 2.24) is 0 Å². The van der Waals surface area contributed by atoms with Crippen molar-refractivity contribution < 1.29 is 19.1 Å². The molecule has 0 bridgehead atoms. The zero-order chi connectivity index (χ0) is 12.7. The molecule has 1 heterocycles. The number of amides is 1. The van der Waals surface area contributed by atoms with E-state index >= 15 is 0 Å². The predicted molar refractivity (Wildman–Crippen MR) is 62.5 cm³/mol. The van der Waals surface area contributed by atoms with Crippen molar-refractivity contribution in [2.24, 2.45) is 0 Å². The molecule has 3 rings (SSSR count). The lowest BCUT2D eigenvalue weighted by Crippen LogP contribution is -2.25. The number of ketones is 1. The maximum Gasteiger partial charge on any atom is 0.338 e. The van der Waals surface area contributed by atoms with Crippen LogP contribution in [0.3, 0.4) is 0 Å². The van der Waals surface area contributed by atoms with Gasteiger partial charge in [0, 0.05) is 0 Å². The van der Waals surface area contributed by atoms with Gasteiger partial charge in [-0.1, -0.05) is 0 Å². The third kappa shape index (κ3) is 1.68. The Labute approximate surface area is 103 Å². The Hall–Kier alpha value is -2.17. The molecule has 1 fully saturated rings. The summed E-state index contributed by atoms with van der Waals surface area (Å²) >= 11 is 0. The number of hydrogen-bond donors (Lipinski definition) is 1. The van der Waals surface area contributed by atoms with Gasteiger partial charge in [0.2, 0.25) is 0 Å². The highest BCUT2D eigenvalue weighted by molar-refractivity contribution is 6.51. The lowest BCUT2D eigenvalue weighted by molar-refractivity contribution is -0.112. The average Bonchev–Trinajstić information content (AvgIpc) is 2.59. The van der Waals surface area contributed by atoms with Gasteiger partial charge in [-0.2, -0.15) is 0 Å². The van der Waals surface area contributed by atoms with Crippen LogP contribution in [0.5, 0.6) is 0 Å². The van der Waals surface area contributed by atoms with Gasteiger partial charge in [0.05, 0.1) is 16.8 Å². The van der Waals surface area contributed by atoms with E-state index in [1.54, 1.807) is 12.1 Å². The topological polar surface area (TPSA) is 72.5 Å². The molecule has 1 N–H and O–H groups in total. The van der Waals surface area contributed by atoms with Gasteiger partial charge < -0.3 is 10.1 Å². The fourth-order valence-electron chi connectivity index (χ4n) is 1.98. The first-order valence-electron chi connectivity index (χ1n) is 5.86. The largest absolute Gasteiger partial charge is 0.459 e. The molecule has 0 atom stereocenters. The molecule has 1 amide bonds. The van der Waals surface area contributed by atoms with Crippen molar-refractivity contribution in [3.63, 3.8) is 0 Å². The average molecular weight is 245 g/mol. The lowest BCUT2D eigenvalue weighted by atomic mass is 9.96. The van der Waals surface area contributed by atoms with E-state index in [2.05, 4.69) is 5.32 Å². The van der Waals surface area contributed by atoms with Crippen molar-refractivity contribution in [2.75, 3.05) is 5.32 Å². The summed E-state index contributed by atoms with van der Waals surface area (Å²) in [6, 6.07) is 4.52. The molecule has 18 heavy (non-hydrogen) atoms. The van der Waals surface area contributed by atoms with Crippen molar-refractivity contribution in [2.45, 2.75) is 25.4 Å². The molecule has 2 aliphatic rings. The van der Waals surface area contributed by atoms with Crippen LogP contribution in [-0.4, -0.2) is 23.8 Å². The summed E-state index contributed by atoms with van der Waals surface area (Å²) in [6.07, 6.45) is 2.88. The Morgan fingerprint density at radius 1 is 1.28 bits per heavy atom.